The van der Waals surface area contributed by atoms with Gasteiger partial charge < -0.3 is 0 Å². The van der Waals surface area contributed by atoms with Gasteiger partial charge in [-0.3, -0.25) is 4.79 Å². The normalized spacial score (nSPS) is 10.7. The van der Waals surface area contributed by atoms with E-state index in [2.05, 4.69) is 15.3 Å². The molecular weight excluding hydrogens is 220 g/mol. The quantitative estimate of drug-likeness (QED) is 0.763. The highest BCUT2D eigenvalue weighted by Crippen LogP contribution is 2.08. The van der Waals surface area contributed by atoms with Crippen molar-refractivity contribution in [1.29, 1.82) is 0 Å². The van der Waals surface area contributed by atoms with Gasteiger partial charge in [0, 0.05) is 0 Å². The Morgan fingerprint density at radius 3 is 2.50 bits per heavy atom. The Kier molecular flexibility index (Phi) is 2.42. The molecule has 0 radical (unpaired) electrons. The molecule has 2 heterocycles. The predicted molar refractivity (Wildman–Crippen MR) is 54.9 cm³/mol. The zero-order valence-electron chi connectivity index (χ0n) is 7.72. The summed E-state index contributed by atoms with van der Waals surface area (Å²) in [6.07, 6.45) is 0. The van der Waals surface area contributed by atoms with Crippen LogP contribution < -0.4 is 4.87 Å². The molecule has 14 heavy (non-hydrogen) atoms. The highest BCUT2D eigenvalue weighted by Gasteiger charge is 2.06. The number of aromatic nitrogens is 4. The summed E-state index contributed by atoms with van der Waals surface area (Å²) < 4.78 is 1.42. The van der Waals surface area contributed by atoms with E-state index >= 15 is 0 Å². The van der Waals surface area contributed by atoms with Gasteiger partial charge in [0.2, 0.25) is 0 Å². The zero-order valence-corrected chi connectivity index (χ0v) is 9.35. The van der Waals surface area contributed by atoms with Gasteiger partial charge in [-0.2, -0.15) is 5.10 Å². The summed E-state index contributed by atoms with van der Waals surface area (Å²) in [5, 5.41) is 14.4. The lowest BCUT2D eigenvalue weighted by atomic mass is 10.7. The molecule has 2 aromatic rings. The van der Waals surface area contributed by atoms with E-state index in [1.54, 1.807) is 0 Å². The monoisotopic (exact) mass is 228 g/mol. The molecule has 0 amide bonds. The summed E-state index contributed by atoms with van der Waals surface area (Å²) in [5.41, 5.74) is 0. The Hall–Kier alpha value is -1.08. The van der Waals surface area contributed by atoms with E-state index in [9.17, 15) is 4.79 Å². The largest absolute Gasteiger partial charge is 0.325 e. The summed E-state index contributed by atoms with van der Waals surface area (Å²) in [7, 11) is 0. The third-order valence-corrected chi connectivity index (χ3v) is 3.15. The molecule has 2 aromatic heterocycles. The second-order valence-electron chi connectivity index (χ2n) is 2.76. The molecule has 0 aliphatic rings. The van der Waals surface area contributed by atoms with Gasteiger partial charge in [0.25, 0.3) is 0 Å². The minimum absolute atomic E-state index is 0.0460. The lowest BCUT2D eigenvalue weighted by Crippen LogP contribution is -2.15. The van der Waals surface area contributed by atoms with Crippen molar-refractivity contribution in [2.24, 2.45) is 0 Å². The van der Waals surface area contributed by atoms with Gasteiger partial charge in [-0.05, 0) is 13.8 Å². The lowest BCUT2D eigenvalue weighted by Gasteiger charge is -1.92. The molecule has 7 heteroatoms. The van der Waals surface area contributed by atoms with Gasteiger partial charge in [-0.15, -0.1) is 10.2 Å². The second kappa shape index (κ2) is 3.58. The van der Waals surface area contributed by atoms with Gasteiger partial charge in [0.1, 0.15) is 15.0 Å². The van der Waals surface area contributed by atoms with Crippen molar-refractivity contribution >= 4 is 22.7 Å². The molecule has 2 rings (SSSR count). The van der Waals surface area contributed by atoms with E-state index in [1.807, 2.05) is 13.8 Å². The van der Waals surface area contributed by atoms with Crippen molar-refractivity contribution in [1.82, 2.24) is 20.0 Å². The molecule has 74 valence electrons. The Morgan fingerprint density at radius 1 is 1.21 bits per heavy atom. The summed E-state index contributed by atoms with van der Waals surface area (Å²) >= 11 is 2.63. The van der Waals surface area contributed by atoms with Crippen LogP contribution >= 0.6 is 22.7 Å². The molecule has 5 nitrogen and oxygen atoms in total. The first-order valence-electron chi connectivity index (χ1n) is 3.98. The minimum Gasteiger partial charge on any atom is -0.255 e. The fraction of sp³-hybridized carbons (Fsp3) is 0.429. The van der Waals surface area contributed by atoms with Gasteiger partial charge in [0.15, 0.2) is 0 Å². The Balaban J connectivity index is 2.26. The molecule has 0 aliphatic heterocycles. The van der Waals surface area contributed by atoms with Crippen LogP contribution in [0.4, 0.5) is 0 Å². The Labute approximate surface area is 88.1 Å². The molecule has 0 saturated heterocycles. The zero-order chi connectivity index (χ0) is 10.1. The molecule has 0 saturated carbocycles. The van der Waals surface area contributed by atoms with E-state index in [0.29, 0.717) is 6.54 Å². The van der Waals surface area contributed by atoms with E-state index in [1.165, 1.54) is 16.0 Å². The maximum atomic E-state index is 11.3. The maximum Gasteiger partial charge on any atom is 0.325 e. The maximum absolute atomic E-state index is 11.3. The van der Waals surface area contributed by atoms with E-state index < -0.39 is 0 Å². The highest BCUT2D eigenvalue weighted by atomic mass is 32.1. The second-order valence-corrected chi connectivity index (χ2v) is 5.17. The third kappa shape index (κ3) is 1.88. The van der Waals surface area contributed by atoms with E-state index in [0.717, 1.165) is 26.4 Å². The van der Waals surface area contributed by atoms with Gasteiger partial charge >= 0.3 is 4.87 Å². The number of hydrogen-bond donors (Lipinski definition) is 0. The first kappa shape index (κ1) is 9.47. The number of rotatable bonds is 2. The fourth-order valence-corrected chi connectivity index (χ4v) is 2.33. The first-order valence-corrected chi connectivity index (χ1v) is 5.62. The molecule has 0 N–H and O–H groups in total. The van der Waals surface area contributed by atoms with Crippen LogP contribution in [-0.2, 0) is 6.54 Å². The average Bonchev–Trinajstić information content (AvgIpc) is 2.61. The summed E-state index contributed by atoms with van der Waals surface area (Å²) in [6, 6.07) is 0. The van der Waals surface area contributed by atoms with Crippen LogP contribution in [0.5, 0.6) is 0 Å². The van der Waals surface area contributed by atoms with Crippen molar-refractivity contribution in [3.05, 3.63) is 24.7 Å². The van der Waals surface area contributed by atoms with Gasteiger partial charge in [-0.1, -0.05) is 22.7 Å². The third-order valence-electron chi connectivity index (χ3n) is 1.56. The van der Waals surface area contributed by atoms with E-state index in [4.69, 9.17) is 0 Å². The Morgan fingerprint density at radius 2 is 2.00 bits per heavy atom. The molecule has 0 atom stereocenters. The molecule has 0 bridgehead atoms. The number of nitrogens with zero attached hydrogens (tertiary/aromatic N) is 4. The summed E-state index contributed by atoms with van der Waals surface area (Å²) in [6.45, 7) is 4.12. The lowest BCUT2D eigenvalue weighted by molar-refractivity contribution is 0.651. The van der Waals surface area contributed by atoms with Crippen LogP contribution in [0.2, 0.25) is 0 Å². The van der Waals surface area contributed by atoms with E-state index in [-0.39, 0.29) is 4.87 Å². The van der Waals surface area contributed by atoms with Crippen LogP contribution in [-0.4, -0.2) is 20.0 Å². The van der Waals surface area contributed by atoms with Crippen LogP contribution in [0, 0.1) is 13.8 Å². The highest BCUT2D eigenvalue weighted by molar-refractivity contribution is 7.11. The predicted octanol–water partition coefficient (Wildman–Crippen LogP) is 0.821. The van der Waals surface area contributed by atoms with Crippen LogP contribution in [0.3, 0.4) is 0 Å². The van der Waals surface area contributed by atoms with Crippen molar-refractivity contribution in [2.75, 3.05) is 0 Å². The fourth-order valence-electron chi connectivity index (χ4n) is 1.04. The Bertz CT molecular complexity index is 498. The molecule has 0 spiro atoms. The summed E-state index contributed by atoms with van der Waals surface area (Å²) in [4.78, 5) is 11.3. The smallest absolute Gasteiger partial charge is 0.255 e. The van der Waals surface area contributed by atoms with Crippen molar-refractivity contribution < 1.29 is 0 Å². The summed E-state index contributed by atoms with van der Waals surface area (Å²) in [5.74, 6) is 0. The SMILES string of the molecule is Cc1nnc(Cn2nc(C)sc2=O)s1. The molecular formula is C7H8N4OS2. The number of aryl methyl sites for hydroxylation is 2. The van der Waals surface area contributed by atoms with Crippen molar-refractivity contribution in [3.8, 4) is 0 Å². The molecule has 0 aliphatic carbocycles. The topological polar surface area (TPSA) is 60.7 Å². The first-order chi connectivity index (χ1) is 6.65. The van der Waals surface area contributed by atoms with Crippen LogP contribution in [0.1, 0.15) is 15.0 Å². The van der Waals surface area contributed by atoms with Crippen molar-refractivity contribution in [2.45, 2.75) is 20.4 Å². The van der Waals surface area contributed by atoms with Gasteiger partial charge in [-0.25, -0.2) is 4.68 Å². The molecule has 0 aromatic carbocycles. The van der Waals surface area contributed by atoms with Gasteiger partial charge in [0.05, 0.1) is 6.54 Å². The van der Waals surface area contributed by atoms with Crippen LogP contribution in [0.25, 0.3) is 0 Å². The molecule has 0 fully saturated rings. The number of hydrogen-bond acceptors (Lipinski definition) is 6. The average molecular weight is 228 g/mol. The van der Waals surface area contributed by atoms with Crippen LogP contribution in [0.15, 0.2) is 4.79 Å². The standard InChI is InChI=1S/C7H8N4OS2/c1-4-8-9-6(13-4)3-11-7(12)14-5(2)10-11/h3H2,1-2H3. The van der Waals surface area contributed by atoms with Crippen molar-refractivity contribution in [3.63, 3.8) is 0 Å². The molecule has 0 unspecified atom stereocenters. The minimum atomic E-state index is -0.0460.